The van der Waals surface area contributed by atoms with Gasteiger partial charge in [-0.15, -0.1) is 0 Å². The standard InChI is InChI=1S/C12H21NO2/c1-9-2-3-10-6-11(9)12(15-8-10)7-13-4-5-14/h2,10-14H,3-8H2,1H3/p+1/t10-,11-,12+/m1/s1. The van der Waals surface area contributed by atoms with Crippen LogP contribution in [0.15, 0.2) is 11.6 Å². The van der Waals surface area contributed by atoms with Gasteiger partial charge in [-0.25, -0.2) is 0 Å². The third-order valence-electron chi connectivity index (χ3n) is 3.67. The molecule has 0 saturated carbocycles. The molecule has 1 aliphatic carbocycles. The van der Waals surface area contributed by atoms with Crippen molar-refractivity contribution in [3.05, 3.63) is 11.6 Å². The van der Waals surface area contributed by atoms with Gasteiger partial charge >= 0.3 is 0 Å². The lowest BCUT2D eigenvalue weighted by Crippen LogP contribution is -2.87. The Balaban J connectivity index is 1.89. The van der Waals surface area contributed by atoms with E-state index in [2.05, 4.69) is 18.3 Å². The number of allylic oxidation sites excluding steroid dienone is 1. The normalized spacial score (nSPS) is 35.1. The van der Waals surface area contributed by atoms with Crippen LogP contribution in [0.5, 0.6) is 0 Å². The summed E-state index contributed by atoms with van der Waals surface area (Å²) in [5.41, 5.74) is 1.51. The Morgan fingerprint density at radius 3 is 3.27 bits per heavy atom. The van der Waals surface area contributed by atoms with Gasteiger partial charge in [-0.05, 0) is 25.7 Å². The summed E-state index contributed by atoms with van der Waals surface area (Å²) in [7, 11) is 0. The molecule has 0 aromatic rings. The maximum absolute atomic E-state index is 8.74. The Labute approximate surface area is 91.5 Å². The fraction of sp³-hybridized carbons (Fsp3) is 0.833. The van der Waals surface area contributed by atoms with Crippen molar-refractivity contribution in [2.75, 3.05) is 26.3 Å². The van der Waals surface area contributed by atoms with Crippen molar-refractivity contribution in [2.24, 2.45) is 11.8 Å². The van der Waals surface area contributed by atoms with Crippen LogP contribution in [-0.2, 0) is 4.74 Å². The predicted molar refractivity (Wildman–Crippen MR) is 58.5 cm³/mol. The van der Waals surface area contributed by atoms with Crippen molar-refractivity contribution < 1.29 is 15.2 Å². The highest BCUT2D eigenvalue weighted by Crippen LogP contribution is 2.36. The van der Waals surface area contributed by atoms with E-state index in [0.717, 1.165) is 25.6 Å². The number of quaternary nitrogens is 1. The van der Waals surface area contributed by atoms with Gasteiger partial charge in [0.15, 0.2) is 0 Å². The number of hydrogen-bond donors (Lipinski definition) is 2. The lowest BCUT2D eigenvalue weighted by atomic mass is 9.77. The van der Waals surface area contributed by atoms with Gasteiger partial charge in [0.2, 0.25) is 0 Å². The van der Waals surface area contributed by atoms with E-state index in [0.29, 0.717) is 12.0 Å². The van der Waals surface area contributed by atoms with Crippen LogP contribution in [0.25, 0.3) is 0 Å². The molecular weight excluding hydrogens is 190 g/mol. The van der Waals surface area contributed by atoms with Crippen LogP contribution >= 0.6 is 0 Å². The highest BCUT2D eigenvalue weighted by molar-refractivity contribution is 5.12. The third-order valence-corrected chi connectivity index (χ3v) is 3.67. The molecule has 2 bridgehead atoms. The number of hydrogen-bond acceptors (Lipinski definition) is 2. The van der Waals surface area contributed by atoms with E-state index in [-0.39, 0.29) is 6.61 Å². The summed E-state index contributed by atoms with van der Waals surface area (Å²) in [6.45, 7) is 5.20. The van der Waals surface area contributed by atoms with Crippen molar-refractivity contribution >= 4 is 0 Å². The monoisotopic (exact) mass is 212 g/mol. The molecule has 1 heterocycles. The maximum Gasteiger partial charge on any atom is 0.113 e. The molecular formula is C12H22NO2+. The first kappa shape index (κ1) is 11.1. The van der Waals surface area contributed by atoms with Crippen molar-refractivity contribution in [1.82, 2.24) is 0 Å². The highest BCUT2D eigenvalue weighted by atomic mass is 16.5. The van der Waals surface area contributed by atoms with Gasteiger partial charge in [-0.2, -0.15) is 0 Å². The summed E-state index contributed by atoms with van der Waals surface area (Å²) in [6, 6.07) is 0. The summed E-state index contributed by atoms with van der Waals surface area (Å²) in [5.74, 6) is 1.39. The lowest BCUT2D eigenvalue weighted by Gasteiger charge is -2.39. The summed E-state index contributed by atoms with van der Waals surface area (Å²) in [5, 5.41) is 10.9. The van der Waals surface area contributed by atoms with Crippen LogP contribution in [0.2, 0.25) is 0 Å². The Morgan fingerprint density at radius 1 is 1.60 bits per heavy atom. The SMILES string of the molecule is CC1=CC[C@H]2CO[C@@H](C[NH2+]CCO)[C@@H]1C2. The molecule has 1 saturated heterocycles. The molecule has 1 aliphatic heterocycles. The molecule has 3 nitrogen and oxygen atoms in total. The first-order chi connectivity index (χ1) is 7.31. The minimum absolute atomic E-state index is 0.259. The zero-order chi connectivity index (χ0) is 10.7. The Hall–Kier alpha value is -0.380. The second-order valence-electron chi connectivity index (χ2n) is 4.80. The van der Waals surface area contributed by atoms with E-state index in [9.17, 15) is 0 Å². The summed E-state index contributed by atoms with van der Waals surface area (Å²) >= 11 is 0. The average molecular weight is 212 g/mol. The van der Waals surface area contributed by atoms with Gasteiger partial charge in [-0.1, -0.05) is 11.6 Å². The van der Waals surface area contributed by atoms with Crippen LogP contribution in [0, 0.1) is 11.8 Å². The molecule has 0 radical (unpaired) electrons. The predicted octanol–water partition coefficient (Wildman–Crippen LogP) is -0.0866. The average Bonchev–Trinajstić information content (AvgIpc) is 2.26. The maximum atomic E-state index is 8.74. The van der Waals surface area contributed by atoms with Gasteiger partial charge in [0.05, 0.1) is 19.8 Å². The van der Waals surface area contributed by atoms with Crippen LogP contribution in [-0.4, -0.2) is 37.5 Å². The zero-order valence-electron chi connectivity index (χ0n) is 9.48. The molecule has 0 aromatic carbocycles. The smallest absolute Gasteiger partial charge is 0.113 e. The first-order valence-corrected chi connectivity index (χ1v) is 6.02. The lowest BCUT2D eigenvalue weighted by molar-refractivity contribution is -0.664. The van der Waals surface area contributed by atoms with E-state index in [1.807, 2.05) is 0 Å². The van der Waals surface area contributed by atoms with E-state index in [1.165, 1.54) is 18.4 Å². The number of ether oxygens (including phenoxy) is 1. The van der Waals surface area contributed by atoms with Gasteiger partial charge in [0.1, 0.15) is 12.6 Å². The Morgan fingerprint density at radius 2 is 2.47 bits per heavy atom. The van der Waals surface area contributed by atoms with E-state index < -0.39 is 0 Å². The second kappa shape index (κ2) is 5.10. The quantitative estimate of drug-likeness (QED) is 0.505. The molecule has 0 spiro atoms. The number of nitrogens with two attached hydrogens (primary N) is 1. The highest BCUT2D eigenvalue weighted by Gasteiger charge is 2.35. The molecule has 0 aromatic heterocycles. The number of rotatable bonds is 4. The molecule has 15 heavy (non-hydrogen) atoms. The van der Waals surface area contributed by atoms with Crippen molar-refractivity contribution in [2.45, 2.75) is 25.9 Å². The molecule has 3 heteroatoms. The number of aliphatic hydroxyl groups excluding tert-OH is 1. The molecule has 3 atom stereocenters. The number of aliphatic hydroxyl groups is 1. The van der Waals surface area contributed by atoms with Gasteiger partial charge in [0.25, 0.3) is 0 Å². The van der Waals surface area contributed by atoms with E-state index in [1.54, 1.807) is 0 Å². The third kappa shape index (κ3) is 2.60. The number of fused-ring (bicyclic) bond motifs is 2. The van der Waals surface area contributed by atoms with E-state index in [4.69, 9.17) is 9.84 Å². The van der Waals surface area contributed by atoms with Crippen molar-refractivity contribution in [3.63, 3.8) is 0 Å². The Kier molecular flexibility index (Phi) is 3.78. The first-order valence-electron chi connectivity index (χ1n) is 6.02. The van der Waals surface area contributed by atoms with Crippen LogP contribution in [0.1, 0.15) is 19.8 Å². The summed E-state index contributed by atoms with van der Waals surface area (Å²) in [4.78, 5) is 0. The molecule has 0 amide bonds. The molecule has 0 unspecified atom stereocenters. The van der Waals surface area contributed by atoms with Crippen LogP contribution < -0.4 is 5.32 Å². The topological polar surface area (TPSA) is 46.1 Å². The minimum atomic E-state index is 0.259. The molecule has 3 N–H and O–H groups in total. The fourth-order valence-electron chi connectivity index (χ4n) is 2.71. The largest absolute Gasteiger partial charge is 0.391 e. The zero-order valence-corrected chi connectivity index (χ0v) is 9.48. The van der Waals surface area contributed by atoms with Crippen LogP contribution in [0.4, 0.5) is 0 Å². The molecule has 1 fully saturated rings. The minimum Gasteiger partial charge on any atom is -0.391 e. The second-order valence-corrected chi connectivity index (χ2v) is 4.80. The van der Waals surface area contributed by atoms with Crippen molar-refractivity contribution in [3.8, 4) is 0 Å². The van der Waals surface area contributed by atoms with Gasteiger partial charge < -0.3 is 15.2 Å². The van der Waals surface area contributed by atoms with Crippen molar-refractivity contribution in [1.29, 1.82) is 0 Å². The van der Waals surface area contributed by atoms with Gasteiger partial charge in [0, 0.05) is 5.92 Å². The molecule has 86 valence electrons. The van der Waals surface area contributed by atoms with Gasteiger partial charge in [-0.3, -0.25) is 0 Å². The molecule has 2 rings (SSSR count). The molecule has 2 aliphatic rings. The summed E-state index contributed by atoms with van der Waals surface area (Å²) in [6.07, 6.45) is 5.26. The Bertz CT molecular complexity index is 240. The summed E-state index contributed by atoms with van der Waals surface area (Å²) < 4.78 is 5.91. The fourth-order valence-corrected chi connectivity index (χ4v) is 2.71. The van der Waals surface area contributed by atoms with E-state index >= 15 is 0 Å². The van der Waals surface area contributed by atoms with Crippen LogP contribution in [0.3, 0.4) is 0 Å².